The predicted molar refractivity (Wildman–Crippen MR) is 68.3 cm³/mol. The van der Waals surface area contributed by atoms with Gasteiger partial charge in [-0.2, -0.15) is 0 Å². The second kappa shape index (κ2) is 5.89. The molecule has 0 aromatic carbocycles. The lowest BCUT2D eigenvalue weighted by Crippen LogP contribution is -2.51. The van der Waals surface area contributed by atoms with Gasteiger partial charge >= 0.3 is 6.09 Å². The molecule has 1 saturated heterocycles. The normalized spacial score (nSPS) is 19.5. The van der Waals surface area contributed by atoms with E-state index in [0.29, 0.717) is 25.9 Å². The third kappa shape index (κ3) is 5.10. The lowest BCUT2D eigenvalue weighted by atomic mass is 9.92. The first-order chi connectivity index (χ1) is 7.26. The van der Waals surface area contributed by atoms with Crippen molar-refractivity contribution in [1.82, 2.24) is 4.90 Å². The van der Waals surface area contributed by atoms with Gasteiger partial charge in [0.05, 0.1) is 5.60 Å². The zero-order valence-electron chi connectivity index (χ0n) is 10.7. The number of carbonyl (C=O) groups excluding carboxylic acids is 1. The number of halogens is 1. The first kappa shape index (κ1) is 16.5. The van der Waals surface area contributed by atoms with Crippen molar-refractivity contribution in [2.75, 3.05) is 19.6 Å². The van der Waals surface area contributed by atoms with Crippen LogP contribution in [0.1, 0.15) is 33.6 Å². The number of ether oxygens (including phenoxy) is 1. The lowest BCUT2D eigenvalue weighted by molar-refractivity contribution is -0.0266. The smallest absolute Gasteiger partial charge is 0.410 e. The molecule has 1 rings (SSSR count). The molecule has 0 aromatic heterocycles. The maximum absolute atomic E-state index is 11.7. The van der Waals surface area contributed by atoms with Crippen LogP contribution in [0.3, 0.4) is 0 Å². The van der Waals surface area contributed by atoms with Gasteiger partial charge in [-0.05, 0) is 33.6 Å². The number of hydrogen-bond acceptors (Lipinski definition) is 4. The molecule has 1 heterocycles. The summed E-state index contributed by atoms with van der Waals surface area (Å²) in [5.41, 5.74) is 4.20. The highest BCUT2D eigenvalue weighted by molar-refractivity contribution is 5.85. The maximum atomic E-state index is 11.7. The summed E-state index contributed by atoms with van der Waals surface area (Å²) in [7, 11) is 0. The Morgan fingerprint density at radius 2 is 1.88 bits per heavy atom. The van der Waals surface area contributed by atoms with E-state index >= 15 is 0 Å². The molecule has 0 radical (unpaired) electrons. The topological polar surface area (TPSA) is 75.8 Å². The fourth-order valence-corrected chi connectivity index (χ4v) is 1.64. The van der Waals surface area contributed by atoms with Crippen LogP contribution in [0, 0.1) is 0 Å². The molecular formula is C11H23ClN2O3. The molecule has 1 fully saturated rings. The fraction of sp³-hybridized carbons (Fsp3) is 0.909. The molecule has 0 spiro atoms. The number of aliphatic hydroxyl groups is 1. The highest BCUT2D eigenvalue weighted by atomic mass is 35.5. The molecule has 1 aliphatic rings. The zero-order chi connectivity index (χ0) is 12.4. The summed E-state index contributed by atoms with van der Waals surface area (Å²) in [6, 6.07) is 0. The first-order valence-corrected chi connectivity index (χ1v) is 5.66. The van der Waals surface area contributed by atoms with E-state index in [1.54, 1.807) is 4.90 Å². The summed E-state index contributed by atoms with van der Waals surface area (Å²) in [5.74, 6) is 0. The van der Waals surface area contributed by atoms with E-state index in [2.05, 4.69) is 0 Å². The van der Waals surface area contributed by atoms with Crippen molar-refractivity contribution < 1.29 is 14.6 Å². The molecule has 5 nitrogen and oxygen atoms in total. The monoisotopic (exact) mass is 266 g/mol. The van der Waals surface area contributed by atoms with Gasteiger partial charge in [0.2, 0.25) is 0 Å². The van der Waals surface area contributed by atoms with Crippen LogP contribution < -0.4 is 5.73 Å². The van der Waals surface area contributed by atoms with Crippen LogP contribution in [0.15, 0.2) is 0 Å². The molecule has 0 unspecified atom stereocenters. The molecule has 1 aliphatic heterocycles. The number of hydrogen-bond donors (Lipinski definition) is 2. The van der Waals surface area contributed by atoms with E-state index in [1.807, 2.05) is 20.8 Å². The Balaban J connectivity index is 0.00000256. The Labute approximate surface area is 109 Å². The van der Waals surface area contributed by atoms with Crippen LogP contribution in [0.2, 0.25) is 0 Å². The van der Waals surface area contributed by atoms with Gasteiger partial charge in [-0.15, -0.1) is 12.4 Å². The molecular weight excluding hydrogens is 244 g/mol. The second-order valence-corrected chi connectivity index (χ2v) is 5.40. The van der Waals surface area contributed by atoms with Gasteiger partial charge in [-0.1, -0.05) is 0 Å². The Morgan fingerprint density at radius 1 is 1.41 bits per heavy atom. The maximum Gasteiger partial charge on any atom is 0.410 e. The number of likely N-dealkylation sites (tertiary alicyclic amines) is 1. The number of amides is 1. The Morgan fingerprint density at radius 3 is 2.24 bits per heavy atom. The van der Waals surface area contributed by atoms with Crippen LogP contribution in [0.25, 0.3) is 0 Å². The highest BCUT2D eigenvalue weighted by Crippen LogP contribution is 2.22. The molecule has 0 saturated carbocycles. The molecule has 102 valence electrons. The molecule has 1 amide bonds. The minimum absolute atomic E-state index is 0. The number of carbonyl (C=O) groups is 1. The van der Waals surface area contributed by atoms with Gasteiger partial charge < -0.3 is 20.5 Å². The summed E-state index contributed by atoms with van der Waals surface area (Å²) in [6.45, 7) is 6.77. The standard InChI is InChI=1S/C11H22N2O3.ClH/c1-10(2,3)16-9(14)13-6-4-11(15,8-12)5-7-13;/h15H,4-8,12H2,1-3H3;1H. The van der Waals surface area contributed by atoms with E-state index < -0.39 is 11.2 Å². The van der Waals surface area contributed by atoms with Crippen molar-refractivity contribution in [3.63, 3.8) is 0 Å². The minimum atomic E-state index is -0.807. The quantitative estimate of drug-likeness (QED) is 0.746. The molecule has 0 aromatic rings. The summed E-state index contributed by atoms with van der Waals surface area (Å²) in [6.07, 6.45) is 0.720. The van der Waals surface area contributed by atoms with Crippen molar-refractivity contribution in [3.05, 3.63) is 0 Å². The van der Waals surface area contributed by atoms with Crippen LogP contribution in [0.4, 0.5) is 4.79 Å². The van der Waals surface area contributed by atoms with E-state index in [9.17, 15) is 9.90 Å². The van der Waals surface area contributed by atoms with Gasteiger partial charge in [0.25, 0.3) is 0 Å². The number of rotatable bonds is 1. The summed E-state index contributed by atoms with van der Waals surface area (Å²) >= 11 is 0. The molecule has 0 atom stereocenters. The van der Waals surface area contributed by atoms with Crippen LogP contribution in [-0.4, -0.2) is 46.9 Å². The largest absolute Gasteiger partial charge is 0.444 e. The van der Waals surface area contributed by atoms with Crippen molar-refractivity contribution >= 4 is 18.5 Å². The van der Waals surface area contributed by atoms with Crippen molar-refractivity contribution in [1.29, 1.82) is 0 Å². The zero-order valence-corrected chi connectivity index (χ0v) is 11.5. The molecule has 0 bridgehead atoms. The van der Waals surface area contributed by atoms with Gasteiger partial charge in [0, 0.05) is 19.6 Å². The van der Waals surface area contributed by atoms with Crippen LogP contribution >= 0.6 is 12.4 Å². The highest BCUT2D eigenvalue weighted by Gasteiger charge is 2.34. The van der Waals surface area contributed by atoms with Gasteiger partial charge in [0.15, 0.2) is 0 Å². The number of nitrogens with zero attached hydrogens (tertiary/aromatic N) is 1. The summed E-state index contributed by atoms with van der Waals surface area (Å²) in [4.78, 5) is 13.3. The van der Waals surface area contributed by atoms with Crippen LogP contribution in [-0.2, 0) is 4.74 Å². The van der Waals surface area contributed by atoms with E-state index in [-0.39, 0.29) is 25.0 Å². The van der Waals surface area contributed by atoms with E-state index in [4.69, 9.17) is 10.5 Å². The Bertz CT molecular complexity index is 258. The average molecular weight is 267 g/mol. The molecule has 17 heavy (non-hydrogen) atoms. The summed E-state index contributed by atoms with van der Waals surface area (Å²) < 4.78 is 5.25. The SMILES string of the molecule is CC(C)(C)OC(=O)N1CCC(O)(CN)CC1.Cl. The Hall–Kier alpha value is -0.520. The van der Waals surface area contributed by atoms with Crippen molar-refractivity contribution in [2.45, 2.75) is 44.8 Å². The first-order valence-electron chi connectivity index (χ1n) is 5.66. The molecule has 0 aliphatic carbocycles. The minimum Gasteiger partial charge on any atom is -0.444 e. The third-order valence-corrected chi connectivity index (χ3v) is 2.73. The van der Waals surface area contributed by atoms with Crippen molar-refractivity contribution in [3.8, 4) is 0 Å². The van der Waals surface area contributed by atoms with Crippen molar-refractivity contribution in [2.24, 2.45) is 5.73 Å². The van der Waals surface area contributed by atoms with Gasteiger partial charge in [-0.25, -0.2) is 4.79 Å². The second-order valence-electron chi connectivity index (χ2n) is 5.40. The summed E-state index contributed by atoms with van der Waals surface area (Å²) in [5, 5.41) is 9.91. The average Bonchev–Trinajstić information content (AvgIpc) is 2.16. The lowest BCUT2D eigenvalue weighted by Gasteiger charge is -2.37. The predicted octanol–water partition coefficient (Wildman–Crippen LogP) is 1.13. The Kier molecular flexibility index (Phi) is 5.71. The molecule has 6 heteroatoms. The van der Waals surface area contributed by atoms with Gasteiger partial charge in [0.1, 0.15) is 5.60 Å². The van der Waals surface area contributed by atoms with E-state index in [0.717, 1.165) is 0 Å². The number of piperidine rings is 1. The molecule has 3 N–H and O–H groups in total. The number of nitrogens with two attached hydrogens (primary N) is 1. The van der Waals surface area contributed by atoms with E-state index in [1.165, 1.54) is 0 Å². The third-order valence-electron chi connectivity index (χ3n) is 2.73. The van der Waals surface area contributed by atoms with Gasteiger partial charge in [-0.3, -0.25) is 0 Å². The van der Waals surface area contributed by atoms with Crippen LogP contribution in [0.5, 0.6) is 0 Å². The fourth-order valence-electron chi connectivity index (χ4n) is 1.64.